The number of carbonyl (C=O) groups is 1. The fourth-order valence-corrected chi connectivity index (χ4v) is 2.06. The van der Waals surface area contributed by atoms with Gasteiger partial charge in [-0.15, -0.1) is 10.2 Å². The van der Waals surface area contributed by atoms with E-state index in [4.69, 9.17) is 0 Å². The summed E-state index contributed by atoms with van der Waals surface area (Å²) in [5.74, 6) is 0.579. The molecule has 5 nitrogen and oxygen atoms in total. The van der Waals surface area contributed by atoms with Gasteiger partial charge in [0.25, 0.3) is 0 Å². The zero-order chi connectivity index (χ0) is 14.1. The Bertz CT molecular complexity index is 430. The van der Waals surface area contributed by atoms with Crippen molar-refractivity contribution in [2.24, 2.45) is 11.3 Å². The van der Waals surface area contributed by atoms with Crippen molar-refractivity contribution in [1.82, 2.24) is 14.8 Å². The van der Waals surface area contributed by atoms with E-state index in [1.165, 1.54) is 0 Å². The summed E-state index contributed by atoms with van der Waals surface area (Å²) < 4.78 is 1.76. The van der Waals surface area contributed by atoms with Gasteiger partial charge in [-0.25, -0.2) is 4.79 Å². The monoisotopic (exact) mass is 253 g/mol. The maximum Gasteiger partial charge on any atom is 0.327 e. The lowest BCUT2D eigenvalue weighted by Crippen LogP contribution is -2.28. The molecular weight excluding hydrogens is 230 g/mol. The second-order valence-corrected chi connectivity index (χ2v) is 6.30. The second kappa shape index (κ2) is 5.08. The minimum absolute atomic E-state index is 0.00378. The molecule has 102 valence electrons. The highest BCUT2D eigenvalue weighted by atomic mass is 16.4. The predicted octanol–water partition coefficient (Wildman–Crippen LogP) is 2.46. The van der Waals surface area contributed by atoms with Crippen LogP contribution in [0.2, 0.25) is 0 Å². The topological polar surface area (TPSA) is 68.0 Å². The first-order chi connectivity index (χ1) is 8.13. The van der Waals surface area contributed by atoms with Crippen molar-refractivity contribution in [3.63, 3.8) is 0 Å². The molecule has 0 aliphatic carbocycles. The third-order valence-corrected chi connectivity index (χ3v) is 2.79. The van der Waals surface area contributed by atoms with Crippen LogP contribution in [0.25, 0.3) is 0 Å². The van der Waals surface area contributed by atoms with Gasteiger partial charge in [-0.05, 0) is 18.3 Å². The van der Waals surface area contributed by atoms with E-state index in [0.717, 1.165) is 5.82 Å². The molecule has 0 saturated heterocycles. The van der Waals surface area contributed by atoms with E-state index in [1.54, 1.807) is 11.5 Å². The molecular formula is C13H23N3O2. The molecule has 0 aromatic carbocycles. The van der Waals surface area contributed by atoms with Crippen LogP contribution >= 0.6 is 0 Å². The highest BCUT2D eigenvalue weighted by Gasteiger charge is 2.29. The van der Waals surface area contributed by atoms with Crippen LogP contribution in [0, 0.1) is 18.3 Å². The number of aromatic nitrogens is 3. The molecule has 5 heteroatoms. The van der Waals surface area contributed by atoms with Crippen LogP contribution in [0.5, 0.6) is 0 Å². The zero-order valence-electron chi connectivity index (χ0n) is 12.1. The number of carboxylic acid groups (broad SMARTS) is 1. The van der Waals surface area contributed by atoms with Gasteiger partial charge in [-0.2, -0.15) is 0 Å². The molecule has 0 fully saturated rings. The molecule has 1 N–H and O–H groups in total. The highest BCUT2D eigenvalue weighted by Crippen LogP contribution is 2.25. The minimum atomic E-state index is -0.831. The number of aryl methyl sites for hydroxylation is 1. The average molecular weight is 253 g/mol. The largest absolute Gasteiger partial charge is 0.480 e. The third-order valence-electron chi connectivity index (χ3n) is 2.79. The molecule has 1 unspecified atom stereocenters. The lowest BCUT2D eigenvalue weighted by molar-refractivity contribution is -0.142. The van der Waals surface area contributed by atoms with Crippen molar-refractivity contribution >= 4 is 5.97 Å². The highest BCUT2D eigenvalue weighted by molar-refractivity contribution is 5.72. The minimum Gasteiger partial charge on any atom is -0.480 e. The molecule has 0 radical (unpaired) electrons. The van der Waals surface area contributed by atoms with Gasteiger partial charge in [0.15, 0.2) is 0 Å². The molecule has 1 rings (SSSR count). The number of rotatable bonds is 4. The van der Waals surface area contributed by atoms with Gasteiger partial charge in [0.05, 0.1) is 0 Å². The predicted molar refractivity (Wildman–Crippen MR) is 69.4 cm³/mol. The van der Waals surface area contributed by atoms with Crippen molar-refractivity contribution in [2.75, 3.05) is 0 Å². The molecule has 0 aliphatic rings. The molecule has 0 aliphatic heterocycles. The van der Waals surface area contributed by atoms with E-state index in [9.17, 15) is 9.90 Å². The number of hydrogen-bond acceptors (Lipinski definition) is 3. The van der Waals surface area contributed by atoms with Gasteiger partial charge in [0.2, 0.25) is 0 Å². The summed E-state index contributed by atoms with van der Waals surface area (Å²) >= 11 is 0. The van der Waals surface area contributed by atoms with Crippen molar-refractivity contribution in [1.29, 1.82) is 0 Å². The normalized spacial score (nSPS) is 13.9. The maximum absolute atomic E-state index is 11.4. The number of aliphatic carboxylic acids is 1. The Morgan fingerprint density at radius 3 is 2.28 bits per heavy atom. The van der Waals surface area contributed by atoms with Gasteiger partial charge < -0.3 is 9.67 Å². The Morgan fingerprint density at radius 1 is 1.33 bits per heavy atom. The summed E-state index contributed by atoms with van der Waals surface area (Å²) in [6, 6.07) is -0.600. The molecule has 1 aromatic heterocycles. The van der Waals surface area contributed by atoms with Crippen LogP contribution in [-0.4, -0.2) is 25.8 Å². The van der Waals surface area contributed by atoms with Gasteiger partial charge in [0, 0.05) is 6.42 Å². The fourth-order valence-electron chi connectivity index (χ4n) is 2.06. The molecule has 1 atom stereocenters. The van der Waals surface area contributed by atoms with Crippen LogP contribution in [0.15, 0.2) is 0 Å². The average Bonchev–Trinajstić information content (AvgIpc) is 2.46. The van der Waals surface area contributed by atoms with Crippen LogP contribution in [0.1, 0.15) is 52.3 Å². The molecule has 0 saturated carbocycles. The summed E-state index contributed by atoms with van der Waals surface area (Å²) in [4.78, 5) is 11.4. The molecule has 0 amide bonds. The molecule has 0 spiro atoms. The van der Waals surface area contributed by atoms with Crippen LogP contribution in [0.4, 0.5) is 0 Å². The Morgan fingerprint density at radius 2 is 1.89 bits per heavy atom. The van der Waals surface area contributed by atoms with E-state index >= 15 is 0 Å². The summed E-state index contributed by atoms with van der Waals surface area (Å²) in [6.45, 7) is 11.9. The smallest absolute Gasteiger partial charge is 0.327 e. The lowest BCUT2D eigenvalue weighted by Gasteiger charge is -2.24. The Labute approximate surface area is 108 Å². The second-order valence-electron chi connectivity index (χ2n) is 6.30. The Balaban J connectivity index is 3.21. The number of nitrogens with zero attached hydrogens (tertiary/aromatic N) is 3. The van der Waals surface area contributed by atoms with Crippen molar-refractivity contribution < 1.29 is 9.90 Å². The SMILES string of the molecule is Cc1nnc(CC(C)(C)C)n1C(C(=O)O)C(C)C. The van der Waals surface area contributed by atoms with Gasteiger partial charge in [-0.3, -0.25) is 0 Å². The van der Waals surface area contributed by atoms with Crippen LogP contribution in [0.3, 0.4) is 0 Å². The third kappa shape index (κ3) is 3.31. The first kappa shape index (κ1) is 14.7. The standard InChI is InChI=1S/C13H23N3O2/c1-8(2)11(12(17)18)16-9(3)14-15-10(16)7-13(4,5)6/h8,11H,7H2,1-6H3,(H,17,18). The molecule has 0 bridgehead atoms. The summed E-state index contributed by atoms with van der Waals surface area (Å²) in [7, 11) is 0. The summed E-state index contributed by atoms with van der Waals surface area (Å²) in [5, 5.41) is 17.6. The van der Waals surface area contributed by atoms with Gasteiger partial charge in [-0.1, -0.05) is 34.6 Å². The lowest BCUT2D eigenvalue weighted by atomic mass is 9.91. The molecule has 1 aromatic rings. The first-order valence-corrected chi connectivity index (χ1v) is 6.26. The van der Waals surface area contributed by atoms with E-state index in [1.807, 2.05) is 13.8 Å². The molecule has 1 heterocycles. The van der Waals surface area contributed by atoms with E-state index < -0.39 is 12.0 Å². The van der Waals surface area contributed by atoms with Gasteiger partial charge in [0.1, 0.15) is 17.7 Å². The van der Waals surface area contributed by atoms with Crippen LogP contribution < -0.4 is 0 Å². The van der Waals surface area contributed by atoms with Crippen molar-refractivity contribution in [3.8, 4) is 0 Å². The summed E-state index contributed by atoms with van der Waals surface area (Å²) in [6.07, 6.45) is 0.713. The first-order valence-electron chi connectivity index (χ1n) is 6.26. The summed E-state index contributed by atoms with van der Waals surface area (Å²) in [5.41, 5.74) is 0.0528. The number of hydrogen-bond donors (Lipinski definition) is 1. The Kier molecular flexibility index (Phi) is 4.14. The Hall–Kier alpha value is -1.39. The van der Waals surface area contributed by atoms with Crippen LogP contribution in [-0.2, 0) is 11.2 Å². The van der Waals surface area contributed by atoms with Gasteiger partial charge >= 0.3 is 5.97 Å². The fraction of sp³-hybridized carbons (Fsp3) is 0.769. The van der Waals surface area contributed by atoms with E-state index in [-0.39, 0.29) is 11.3 Å². The zero-order valence-corrected chi connectivity index (χ0v) is 12.1. The van der Waals surface area contributed by atoms with E-state index in [0.29, 0.717) is 12.2 Å². The molecule has 18 heavy (non-hydrogen) atoms. The van der Waals surface area contributed by atoms with Crippen molar-refractivity contribution in [2.45, 2.75) is 54.0 Å². The number of carboxylic acids is 1. The van der Waals surface area contributed by atoms with Crippen molar-refractivity contribution in [3.05, 3.63) is 11.6 Å². The van der Waals surface area contributed by atoms with E-state index in [2.05, 4.69) is 31.0 Å². The quantitative estimate of drug-likeness (QED) is 0.895. The maximum atomic E-state index is 11.4.